The summed E-state index contributed by atoms with van der Waals surface area (Å²) in [6.45, 7) is 2.41. The van der Waals surface area contributed by atoms with Gasteiger partial charge in [-0.05, 0) is 52.9 Å². The highest BCUT2D eigenvalue weighted by Gasteiger charge is 2.18. The van der Waals surface area contributed by atoms with Crippen LogP contribution in [-0.4, -0.2) is 17.7 Å². The van der Waals surface area contributed by atoms with Crippen LogP contribution in [0.1, 0.15) is 24.0 Å². The third-order valence-corrected chi connectivity index (χ3v) is 5.37. The zero-order valence-electron chi connectivity index (χ0n) is 14.9. The molecule has 1 atom stereocenters. The normalized spacial score (nSPS) is 13.7. The average molecular weight is 379 g/mol. The zero-order chi connectivity index (χ0) is 19.0. The predicted octanol–water partition coefficient (Wildman–Crippen LogP) is 5.80. The fourth-order valence-corrected chi connectivity index (χ4v) is 3.80. The van der Waals surface area contributed by atoms with Crippen molar-refractivity contribution < 1.29 is 14.6 Å². The molecular weight excluding hydrogens is 360 g/mol. The van der Waals surface area contributed by atoms with Gasteiger partial charge in [-0.2, -0.15) is 0 Å². The molecule has 1 aliphatic heterocycles. The maximum absolute atomic E-state index is 11.4. The molecule has 0 saturated carbocycles. The molecule has 0 saturated heterocycles. The van der Waals surface area contributed by atoms with Gasteiger partial charge in [-0.15, -0.1) is 0 Å². The first-order valence-corrected chi connectivity index (χ1v) is 9.30. The summed E-state index contributed by atoms with van der Waals surface area (Å²) in [7, 11) is 0. The van der Waals surface area contributed by atoms with E-state index in [2.05, 4.69) is 6.07 Å². The van der Waals surface area contributed by atoms with Gasteiger partial charge in [0, 0.05) is 17.0 Å². The second kappa shape index (κ2) is 7.09. The average Bonchev–Trinajstić information content (AvgIpc) is 3.15. The number of carbonyl (C=O) groups is 1. The Balaban J connectivity index is 1.85. The van der Waals surface area contributed by atoms with E-state index in [1.807, 2.05) is 54.6 Å². The van der Waals surface area contributed by atoms with Crippen LogP contribution in [0, 0.1) is 0 Å². The van der Waals surface area contributed by atoms with Crippen LogP contribution in [0.15, 0.2) is 60.7 Å². The lowest BCUT2D eigenvalue weighted by Gasteiger charge is -2.15. The van der Waals surface area contributed by atoms with Gasteiger partial charge in [0.25, 0.3) is 0 Å². The molecule has 1 heterocycles. The zero-order valence-corrected chi connectivity index (χ0v) is 15.7. The minimum Gasteiger partial charge on any atom is -0.493 e. The molecule has 0 bridgehead atoms. The Bertz CT molecular complexity index is 1030. The van der Waals surface area contributed by atoms with Gasteiger partial charge >= 0.3 is 5.97 Å². The third-order valence-electron chi connectivity index (χ3n) is 5.06. The summed E-state index contributed by atoms with van der Waals surface area (Å²) in [5.74, 6) is -0.466. The first kappa shape index (κ1) is 17.6. The first-order valence-electron chi connectivity index (χ1n) is 8.92. The van der Waals surface area contributed by atoms with Gasteiger partial charge in [0.2, 0.25) is 0 Å². The monoisotopic (exact) mass is 378 g/mol. The fourth-order valence-electron chi connectivity index (χ4n) is 3.52. The van der Waals surface area contributed by atoms with E-state index >= 15 is 0 Å². The van der Waals surface area contributed by atoms with Crippen molar-refractivity contribution >= 4 is 17.6 Å². The molecule has 0 spiro atoms. The Morgan fingerprint density at radius 2 is 1.89 bits per heavy atom. The SMILES string of the molecule is CC(C(=O)O)c1cccc(-c2cccc(Cl)c2-c2ccc3c(c2)CCO3)c1. The van der Waals surface area contributed by atoms with Crippen molar-refractivity contribution in [2.24, 2.45) is 0 Å². The van der Waals surface area contributed by atoms with Crippen LogP contribution in [0.5, 0.6) is 5.75 Å². The van der Waals surface area contributed by atoms with Crippen molar-refractivity contribution in [3.05, 3.63) is 76.8 Å². The molecule has 3 aromatic rings. The van der Waals surface area contributed by atoms with Crippen LogP contribution >= 0.6 is 11.6 Å². The predicted molar refractivity (Wildman–Crippen MR) is 108 cm³/mol. The van der Waals surface area contributed by atoms with E-state index in [4.69, 9.17) is 16.3 Å². The van der Waals surface area contributed by atoms with Crippen LogP contribution in [0.2, 0.25) is 5.02 Å². The molecule has 0 amide bonds. The Morgan fingerprint density at radius 1 is 1.07 bits per heavy atom. The highest BCUT2D eigenvalue weighted by atomic mass is 35.5. The molecule has 1 aliphatic rings. The molecule has 3 nitrogen and oxygen atoms in total. The Morgan fingerprint density at radius 3 is 2.70 bits per heavy atom. The van der Waals surface area contributed by atoms with Crippen molar-refractivity contribution in [3.8, 4) is 28.0 Å². The molecule has 1 N–H and O–H groups in total. The Labute approximate surface area is 163 Å². The summed E-state index contributed by atoms with van der Waals surface area (Å²) in [6.07, 6.45) is 0.897. The van der Waals surface area contributed by atoms with Crippen molar-refractivity contribution in [1.82, 2.24) is 0 Å². The molecule has 4 rings (SSSR count). The highest BCUT2D eigenvalue weighted by molar-refractivity contribution is 6.34. The summed E-state index contributed by atoms with van der Waals surface area (Å²) in [5, 5.41) is 10.00. The molecule has 4 heteroatoms. The number of hydrogen-bond donors (Lipinski definition) is 1. The number of carboxylic acids is 1. The molecular formula is C23H19ClO3. The number of fused-ring (bicyclic) bond motifs is 1. The van der Waals surface area contributed by atoms with Crippen LogP contribution in [0.4, 0.5) is 0 Å². The molecule has 136 valence electrons. The van der Waals surface area contributed by atoms with Crippen LogP contribution in [0.3, 0.4) is 0 Å². The van der Waals surface area contributed by atoms with E-state index in [1.165, 1.54) is 5.56 Å². The van der Waals surface area contributed by atoms with Gasteiger partial charge in [-0.3, -0.25) is 4.79 Å². The van der Waals surface area contributed by atoms with E-state index in [-0.39, 0.29) is 0 Å². The summed E-state index contributed by atoms with van der Waals surface area (Å²) < 4.78 is 5.61. The number of halogens is 1. The molecule has 1 unspecified atom stereocenters. The lowest BCUT2D eigenvalue weighted by Crippen LogP contribution is -2.07. The first-order chi connectivity index (χ1) is 13.0. The van der Waals surface area contributed by atoms with E-state index in [9.17, 15) is 9.90 Å². The summed E-state index contributed by atoms with van der Waals surface area (Å²) in [6, 6.07) is 19.6. The number of aliphatic carboxylic acids is 1. The topological polar surface area (TPSA) is 46.5 Å². The molecule has 0 radical (unpaired) electrons. The maximum atomic E-state index is 11.4. The quantitative estimate of drug-likeness (QED) is 0.624. The Kier molecular flexibility index (Phi) is 4.63. The second-order valence-corrected chi connectivity index (χ2v) is 7.18. The van der Waals surface area contributed by atoms with E-state index < -0.39 is 11.9 Å². The summed E-state index contributed by atoms with van der Waals surface area (Å²) >= 11 is 6.59. The lowest BCUT2D eigenvalue weighted by molar-refractivity contribution is -0.138. The lowest BCUT2D eigenvalue weighted by atomic mass is 9.91. The van der Waals surface area contributed by atoms with Gasteiger partial charge in [0.05, 0.1) is 12.5 Å². The number of benzene rings is 3. The molecule has 0 aliphatic carbocycles. The summed E-state index contributed by atoms with van der Waals surface area (Å²) in [5.41, 5.74) is 5.89. The van der Waals surface area contributed by atoms with E-state index in [0.29, 0.717) is 11.6 Å². The molecule has 0 aromatic heterocycles. The number of hydrogen-bond acceptors (Lipinski definition) is 2. The molecule has 0 fully saturated rings. The van der Waals surface area contributed by atoms with Gasteiger partial charge in [0.1, 0.15) is 5.75 Å². The van der Waals surface area contributed by atoms with Crippen molar-refractivity contribution in [2.75, 3.05) is 6.61 Å². The van der Waals surface area contributed by atoms with Crippen LogP contribution < -0.4 is 4.74 Å². The van der Waals surface area contributed by atoms with Gasteiger partial charge in [0.15, 0.2) is 0 Å². The van der Waals surface area contributed by atoms with Crippen LogP contribution in [-0.2, 0) is 11.2 Å². The molecule has 3 aromatic carbocycles. The standard InChI is InChI=1S/C23H19ClO3/c1-14(23(25)26)15-4-2-5-16(12-15)19-6-3-7-20(24)22(19)18-8-9-21-17(13-18)10-11-27-21/h2-9,12-14H,10-11H2,1H3,(H,25,26). The third kappa shape index (κ3) is 3.31. The molecule has 27 heavy (non-hydrogen) atoms. The van der Waals surface area contributed by atoms with Crippen molar-refractivity contribution in [2.45, 2.75) is 19.3 Å². The maximum Gasteiger partial charge on any atom is 0.310 e. The van der Waals surface area contributed by atoms with Crippen LogP contribution in [0.25, 0.3) is 22.3 Å². The number of ether oxygens (including phenoxy) is 1. The van der Waals surface area contributed by atoms with Gasteiger partial charge in [-0.1, -0.05) is 54.1 Å². The smallest absolute Gasteiger partial charge is 0.310 e. The second-order valence-electron chi connectivity index (χ2n) is 6.77. The van der Waals surface area contributed by atoms with Gasteiger partial charge in [-0.25, -0.2) is 0 Å². The Hall–Kier alpha value is -2.78. The highest BCUT2D eigenvalue weighted by Crippen LogP contribution is 2.40. The van der Waals surface area contributed by atoms with E-state index in [0.717, 1.165) is 40.0 Å². The minimum atomic E-state index is -0.836. The van der Waals surface area contributed by atoms with Gasteiger partial charge < -0.3 is 9.84 Å². The van der Waals surface area contributed by atoms with Crippen molar-refractivity contribution in [1.29, 1.82) is 0 Å². The minimum absolute atomic E-state index is 0.565. The summed E-state index contributed by atoms with van der Waals surface area (Å²) in [4.78, 5) is 11.4. The number of rotatable bonds is 4. The fraction of sp³-hybridized carbons (Fsp3) is 0.174. The largest absolute Gasteiger partial charge is 0.493 e. The van der Waals surface area contributed by atoms with E-state index in [1.54, 1.807) is 6.92 Å². The number of carboxylic acid groups (broad SMARTS) is 1. The van der Waals surface area contributed by atoms with Crippen molar-refractivity contribution in [3.63, 3.8) is 0 Å².